The van der Waals surface area contributed by atoms with Crippen molar-refractivity contribution >= 4 is 10.8 Å². The maximum Gasteiger partial charge on any atom is 0.453 e. The van der Waals surface area contributed by atoms with Crippen LogP contribution in [-0.4, -0.2) is 19.7 Å². The summed E-state index contributed by atoms with van der Waals surface area (Å²) in [5, 5.41) is 5.25. The van der Waals surface area contributed by atoms with E-state index in [1.54, 1.807) is 54.7 Å². The molecule has 4 nitrogen and oxygen atoms in total. The highest BCUT2D eigenvalue weighted by Gasteiger charge is 2.37. The SMILES string of the molecule is FC(F)(F)c1nc(-c2nccc3ccccc23)n(-c2ccccc2)n1. The number of hydrogen-bond acceptors (Lipinski definition) is 3. The van der Waals surface area contributed by atoms with Gasteiger partial charge in [0.05, 0.1) is 5.69 Å². The molecular formula is C18H11F3N4. The molecule has 25 heavy (non-hydrogen) atoms. The summed E-state index contributed by atoms with van der Waals surface area (Å²) in [6.07, 6.45) is -3.09. The second-order valence-electron chi connectivity index (χ2n) is 5.38. The molecule has 4 rings (SSSR count). The highest BCUT2D eigenvalue weighted by molar-refractivity contribution is 5.93. The lowest BCUT2D eigenvalue weighted by Crippen LogP contribution is -2.08. The Morgan fingerprint density at radius 2 is 1.56 bits per heavy atom. The Labute approximate surface area is 140 Å². The summed E-state index contributed by atoms with van der Waals surface area (Å²) in [5.41, 5.74) is 0.834. The van der Waals surface area contributed by atoms with Crippen LogP contribution < -0.4 is 0 Å². The number of pyridine rings is 1. The molecule has 0 spiro atoms. The fourth-order valence-electron chi connectivity index (χ4n) is 2.63. The van der Waals surface area contributed by atoms with Crippen molar-refractivity contribution < 1.29 is 13.2 Å². The molecule has 0 unspecified atom stereocenters. The fraction of sp³-hybridized carbons (Fsp3) is 0.0556. The Morgan fingerprint density at radius 3 is 2.32 bits per heavy atom. The molecule has 0 atom stereocenters. The van der Waals surface area contributed by atoms with Gasteiger partial charge in [-0.05, 0) is 23.6 Å². The number of fused-ring (bicyclic) bond motifs is 1. The van der Waals surface area contributed by atoms with Gasteiger partial charge in [0.1, 0.15) is 5.69 Å². The maximum absolute atomic E-state index is 13.2. The summed E-state index contributed by atoms with van der Waals surface area (Å²) < 4.78 is 40.7. The van der Waals surface area contributed by atoms with Gasteiger partial charge >= 0.3 is 6.18 Å². The van der Waals surface area contributed by atoms with Crippen molar-refractivity contribution in [3.63, 3.8) is 0 Å². The molecule has 0 amide bonds. The largest absolute Gasteiger partial charge is 0.453 e. The number of hydrogen-bond donors (Lipinski definition) is 0. The molecule has 0 fully saturated rings. The van der Waals surface area contributed by atoms with Crippen molar-refractivity contribution in [1.82, 2.24) is 19.7 Å². The first-order chi connectivity index (χ1) is 12.0. The standard InChI is InChI=1S/C18H11F3N4/c19-18(20,21)17-23-16(25(24-17)13-7-2-1-3-8-13)15-14-9-5-4-6-12(14)10-11-22-15/h1-11H. The zero-order valence-electron chi connectivity index (χ0n) is 12.8. The van der Waals surface area contributed by atoms with Crippen molar-refractivity contribution in [2.24, 2.45) is 0 Å². The van der Waals surface area contributed by atoms with Crippen LogP contribution in [0.4, 0.5) is 13.2 Å². The van der Waals surface area contributed by atoms with E-state index in [0.29, 0.717) is 16.8 Å². The lowest BCUT2D eigenvalue weighted by molar-refractivity contribution is -0.144. The summed E-state index contributed by atoms with van der Waals surface area (Å²) in [6, 6.07) is 17.7. The Balaban J connectivity index is 2.02. The smallest absolute Gasteiger partial charge is 0.252 e. The summed E-state index contributed by atoms with van der Waals surface area (Å²) in [7, 11) is 0. The minimum atomic E-state index is -4.64. The predicted octanol–water partition coefficient (Wildman–Crippen LogP) is 4.50. The van der Waals surface area contributed by atoms with Gasteiger partial charge in [-0.25, -0.2) is 9.67 Å². The van der Waals surface area contributed by atoms with Crippen LogP contribution >= 0.6 is 0 Å². The number of benzene rings is 2. The highest BCUT2D eigenvalue weighted by atomic mass is 19.4. The van der Waals surface area contributed by atoms with Crippen molar-refractivity contribution in [2.75, 3.05) is 0 Å². The third-order valence-electron chi connectivity index (χ3n) is 3.75. The van der Waals surface area contributed by atoms with E-state index < -0.39 is 12.0 Å². The van der Waals surface area contributed by atoms with Gasteiger partial charge < -0.3 is 0 Å². The normalized spacial score (nSPS) is 11.8. The van der Waals surface area contributed by atoms with Gasteiger partial charge in [-0.3, -0.25) is 4.98 Å². The molecule has 2 aromatic heterocycles. The van der Waals surface area contributed by atoms with Gasteiger partial charge in [0, 0.05) is 11.6 Å². The van der Waals surface area contributed by atoms with Gasteiger partial charge in [-0.1, -0.05) is 42.5 Å². The van der Waals surface area contributed by atoms with Crippen LogP contribution in [0.3, 0.4) is 0 Å². The number of aromatic nitrogens is 4. The van der Waals surface area contributed by atoms with E-state index >= 15 is 0 Å². The van der Waals surface area contributed by atoms with Crippen LogP contribution in [0, 0.1) is 0 Å². The first-order valence-corrected chi connectivity index (χ1v) is 7.48. The third kappa shape index (κ3) is 2.73. The van der Waals surface area contributed by atoms with Crippen LogP contribution in [0.1, 0.15) is 5.82 Å². The zero-order chi connectivity index (χ0) is 17.4. The summed E-state index contributed by atoms with van der Waals surface area (Å²) in [5.74, 6) is -1.14. The second-order valence-corrected chi connectivity index (χ2v) is 5.38. The molecular weight excluding hydrogens is 329 g/mol. The number of rotatable bonds is 2. The van der Waals surface area contributed by atoms with E-state index in [9.17, 15) is 13.2 Å². The van der Waals surface area contributed by atoms with E-state index in [1.807, 2.05) is 12.1 Å². The molecule has 7 heteroatoms. The van der Waals surface area contributed by atoms with E-state index in [2.05, 4.69) is 15.1 Å². The average molecular weight is 340 g/mol. The van der Waals surface area contributed by atoms with Gasteiger partial charge in [-0.15, -0.1) is 5.10 Å². The monoisotopic (exact) mass is 340 g/mol. The number of halogens is 3. The molecule has 4 aromatic rings. The van der Waals surface area contributed by atoms with Crippen molar-refractivity contribution in [1.29, 1.82) is 0 Å². The van der Waals surface area contributed by atoms with Gasteiger partial charge in [0.15, 0.2) is 5.82 Å². The molecule has 0 aliphatic heterocycles. The first-order valence-electron chi connectivity index (χ1n) is 7.48. The number of alkyl halides is 3. The fourth-order valence-corrected chi connectivity index (χ4v) is 2.63. The molecule has 0 saturated heterocycles. The molecule has 0 aliphatic carbocycles. The summed E-state index contributed by atoms with van der Waals surface area (Å²) >= 11 is 0. The summed E-state index contributed by atoms with van der Waals surface area (Å²) in [4.78, 5) is 8.01. The third-order valence-corrected chi connectivity index (χ3v) is 3.75. The van der Waals surface area contributed by atoms with Crippen LogP contribution in [-0.2, 0) is 6.18 Å². The Hall–Kier alpha value is -3.22. The molecule has 0 N–H and O–H groups in total. The minimum Gasteiger partial charge on any atom is -0.252 e. The Kier molecular flexibility index (Phi) is 3.49. The van der Waals surface area contributed by atoms with Crippen LogP contribution in [0.25, 0.3) is 28.0 Å². The molecule has 124 valence electrons. The minimum absolute atomic E-state index is 0.0512. The molecule has 0 radical (unpaired) electrons. The average Bonchev–Trinajstić information content (AvgIpc) is 3.07. The van der Waals surface area contributed by atoms with E-state index in [1.165, 1.54) is 4.68 Å². The lowest BCUT2D eigenvalue weighted by atomic mass is 10.1. The Morgan fingerprint density at radius 1 is 0.840 bits per heavy atom. The molecule has 0 bridgehead atoms. The topological polar surface area (TPSA) is 43.6 Å². The van der Waals surface area contributed by atoms with Crippen molar-refractivity contribution in [3.05, 3.63) is 72.7 Å². The molecule has 2 heterocycles. The number of para-hydroxylation sites is 1. The highest BCUT2D eigenvalue weighted by Crippen LogP contribution is 2.32. The maximum atomic E-state index is 13.2. The van der Waals surface area contributed by atoms with Crippen LogP contribution in [0.2, 0.25) is 0 Å². The van der Waals surface area contributed by atoms with Gasteiger partial charge in [-0.2, -0.15) is 13.2 Å². The van der Waals surface area contributed by atoms with E-state index in [-0.39, 0.29) is 5.82 Å². The molecule has 0 aliphatic rings. The quantitative estimate of drug-likeness (QED) is 0.540. The molecule has 2 aromatic carbocycles. The van der Waals surface area contributed by atoms with Crippen LogP contribution in [0.15, 0.2) is 66.9 Å². The van der Waals surface area contributed by atoms with E-state index in [0.717, 1.165) is 5.39 Å². The number of nitrogens with zero attached hydrogens (tertiary/aromatic N) is 4. The van der Waals surface area contributed by atoms with Gasteiger partial charge in [0.2, 0.25) is 0 Å². The molecule has 0 saturated carbocycles. The second kappa shape index (κ2) is 5.70. The summed E-state index contributed by atoms with van der Waals surface area (Å²) in [6.45, 7) is 0. The van der Waals surface area contributed by atoms with Crippen molar-refractivity contribution in [3.8, 4) is 17.2 Å². The van der Waals surface area contributed by atoms with E-state index in [4.69, 9.17) is 0 Å². The van der Waals surface area contributed by atoms with Crippen LogP contribution in [0.5, 0.6) is 0 Å². The predicted molar refractivity (Wildman–Crippen MR) is 87.1 cm³/mol. The van der Waals surface area contributed by atoms with Gasteiger partial charge in [0.25, 0.3) is 5.82 Å². The zero-order valence-corrected chi connectivity index (χ0v) is 12.8. The lowest BCUT2D eigenvalue weighted by Gasteiger charge is -2.07. The first kappa shape index (κ1) is 15.3. The Bertz CT molecular complexity index is 1030. The van der Waals surface area contributed by atoms with Crippen molar-refractivity contribution in [2.45, 2.75) is 6.18 Å².